The Labute approximate surface area is 123 Å². The average Bonchev–Trinajstić information content (AvgIpc) is 2.57. The highest BCUT2D eigenvalue weighted by Crippen LogP contribution is 2.31. The number of H-pyrrole nitrogens is 1. The van der Waals surface area contributed by atoms with Gasteiger partial charge in [-0.3, -0.25) is 14.7 Å². The van der Waals surface area contributed by atoms with E-state index in [1.807, 2.05) is 0 Å². The van der Waals surface area contributed by atoms with Gasteiger partial charge in [0.15, 0.2) is 0 Å². The van der Waals surface area contributed by atoms with Gasteiger partial charge in [-0.2, -0.15) is 0 Å². The quantitative estimate of drug-likeness (QED) is 0.893. The number of carbonyl (C=O) groups is 1. The number of halogens is 3. The van der Waals surface area contributed by atoms with E-state index >= 15 is 0 Å². The molecule has 2 N–H and O–H groups in total. The minimum Gasteiger partial charge on any atom is -0.311 e. The van der Waals surface area contributed by atoms with Crippen LogP contribution in [0, 0.1) is 0 Å². The number of amides is 1. The molecule has 1 amide bonds. The molecule has 1 aromatic carbocycles. The summed E-state index contributed by atoms with van der Waals surface area (Å²) in [6, 6.07) is 4.16. The van der Waals surface area contributed by atoms with E-state index in [1.165, 1.54) is 25.1 Å². The van der Waals surface area contributed by atoms with Gasteiger partial charge in [-0.15, -0.1) is 0 Å². The number of rotatable bonds is 2. The minimum atomic E-state index is -0.408. The van der Waals surface area contributed by atoms with Gasteiger partial charge in [-0.05, 0) is 12.1 Å². The molecule has 0 aliphatic heterocycles. The largest absolute Gasteiger partial charge is 0.311 e. The molecule has 100 valence electrons. The first-order valence-corrected chi connectivity index (χ1v) is 6.26. The molecular formula is C11H8Cl3N3O2. The van der Waals surface area contributed by atoms with Crippen LogP contribution < -0.4 is 10.9 Å². The van der Waals surface area contributed by atoms with Gasteiger partial charge >= 0.3 is 0 Å². The second kappa shape index (κ2) is 5.28. The van der Waals surface area contributed by atoms with Crippen LogP contribution in [0.2, 0.25) is 15.1 Å². The van der Waals surface area contributed by atoms with Crippen molar-refractivity contribution in [2.45, 2.75) is 6.92 Å². The number of nitrogens with zero attached hydrogens (tertiary/aromatic N) is 1. The lowest BCUT2D eigenvalue weighted by Gasteiger charge is -2.08. The van der Waals surface area contributed by atoms with Gasteiger partial charge in [-0.1, -0.05) is 34.8 Å². The van der Waals surface area contributed by atoms with Crippen LogP contribution in [0.1, 0.15) is 6.92 Å². The minimum absolute atomic E-state index is 0.218. The lowest BCUT2D eigenvalue weighted by Crippen LogP contribution is -2.14. The SMILES string of the molecule is CC(=O)Nc1cc(=O)n(-c2c(Cl)cc(Cl)cc2Cl)[nH]1. The van der Waals surface area contributed by atoms with Crippen molar-refractivity contribution in [3.8, 4) is 5.69 Å². The molecule has 19 heavy (non-hydrogen) atoms. The zero-order chi connectivity index (χ0) is 14.2. The summed E-state index contributed by atoms with van der Waals surface area (Å²) in [7, 11) is 0. The topological polar surface area (TPSA) is 66.9 Å². The average molecular weight is 321 g/mol. The number of anilines is 1. The Morgan fingerprint density at radius 2 is 1.79 bits per heavy atom. The first-order chi connectivity index (χ1) is 8.88. The molecule has 0 saturated heterocycles. The van der Waals surface area contributed by atoms with Crippen LogP contribution in [-0.2, 0) is 4.79 Å². The summed E-state index contributed by atoms with van der Waals surface area (Å²) in [5.41, 5.74) is -0.135. The zero-order valence-electron chi connectivity index (χ0n) is 9.63. The summed E-state index contributed by atoms with van der Waals surface area (Å²) in [4.78, 5) is 22.8. The highest BCUT2D eigenvalue weighted by molar-refractivity contribution is 6.40. The molecule has 1 heterocycles. The van der Waals surface area contributed by atoms with E-state index in [2.05, 4.69) is 10.4 Å². The predicted molar refractivity (Wildman–Crippen MR) is 75.7 cm³/mol. The number of hydrogen-bond acceptors (Lipinski definition) is 2. The van der Waals surface area contributed by atoms with Crippen LogP contribution in [0.3, 0.4) is 0 Å². The number of hydrogen-bond donors (Lipinski definition) is 2. The lowest BCUT2D eigenvalue weighted by molar-refractivity contribution is -0.114. The van der Waals surface area contributed by atoms with Crippen molar-refractivity contribution in [2.24, 2.45) is 0 Å². The molecule has 0 aliphatic carbocycles. The number of benzene rings is 1. The molecule has 0 spiro atoms. The monoisotopic (exact) mass is 319 g/mol. The van der Waals surface area contributed by atoms with Crippen LogP contribution in [0.4, 0.5) is 5.82 Å². The number of aromatic amines is 1. The fourth-order valence-corrected chi connectivity index (χ4v) is 2.55. The Morgan fingerprint density at radius 1 is 1.21 bits per heavy atom. The highest BCUT2D eigenvalue weighted by Gasteiger charge is 2.14. The Morgan fingerprint density at radius 3 is 2.32 bits per heavy atom. The lowest BCUT2D eigenvalue weighted by atomic mass is 10.3. The third-order valence-electron chi connectivity index (χ3n) is 2.24. The van der Waals surface area contributed by atoms with Crippen LogP contribution in [0.15, 0.2) is 23.0 Å². The molecule has 0 unspecified atom stereocenters. The molecule has 0 fully saturated rings. The smallest absolute Gasteiger partial charge is 0.273 e. The summed E-state index contributed by atoms with van der Waals surface area (Å²) in [5.74, 6) is -0.0544. The molecule has 2 rings (SSSR count). The molecule has 5 nitrogen and oxygen atoms in total. The third kappa shape index (κ3) is 2.94. The standard InChI is InChI=1S/C11H8Cl3N3O2/c1-5(18)15-9-4-10(19)17(16-9)11-7(13)2-6(12)3-8(11)14/h2-4,16H,1H3,(H,15,18). The van der Waals surface area contributed by atoms with E-state index in [1.54, 1.807) is 0 Å². The van der Waals surface area contributed by atoms with Crippen molar-refractivity contribution >= 4 is 46.5 Å². The molecule has 0 bridgehead atoms. The van der Waals surface area contributed by atoms with Crippen molar-refractivity contribution in [3.05, 3.63) is 43.6 Å². The molecule has 0 aliphatic rings. The van der Waals surface area contributed by atoms with E-state index in [-0.39, 0.29) is 27.5 Å². The Bertz CT molecular complexity index is 682. The third-order valence-corrected chi connectivity index (χ3v) is 3.03. The van der Waals surface area contributed by atoms with E-state index in [0.29, 0.717) is 5.02 Å². The van der Waals surface area contributed by atoms with Crippen LogP contribution in [0.25, 0.3) is 5.69 Å². The first-order valence-electron chi connectivity index (χ1n) is 5.13. The maximum Gasteiger partial charge on any atom is 0.273 e. The van der Waals surface area contributed by atoms with Crippen LogP contribution in [0.5, 0.6) is 0 Å². The maximum absolute atomic E-state index is 11.8. The van der Waals surface area contributed by atoms with E-state index < -0.39 is 5.56 Å². The van der Waals surface area contributed by atoms with Crippen molar-refractivity contribution in [3.63, 3.8) is 0 Å². The van der Waals surface area contributed by atoms with Gasteiger partial charge in [0.2, 0.25) is 5.91 Å². The molecular weight excluding hydrogens is 312 g/mol. The molecule has 0 saturated carbocycles. The molecule has 0 radical (unpaired) electrons. The van der Waals surface area contributed by atoms with Crippen molar-refractivity contribution in [2.75, 3.05) is 5.32 Å². The Hall–Kier alpha value is -1.43. The fraction of sp³-hybridized carbons (Fsp3) is 0.0909. The second-order valence-electron chi connectivity index (χ2n) is 3.74. The molecule has 2 aromatic rings. The van der Waals surface area contributed by atoms with Crippen molar-refractivity contribution < 1.29 is 4.79 Å². The van der Waals surface area contributed by atoms with Crippen LogP contribution >= 0.6 is 34.8 Å². The summed E-state index contributed by atoms with van der Waals surface area (Å²) in [5, 5.41) is 5.95. The van der Waals surface area contributed by atoms with E-state index in [9.17, 15) is 9.59 Å². The van der Waals surface area contributed by atoms with Crippen LogP contribution in [-0.4, -0.2) is 15.7 Å². The Kier molecular flexibility index (Phi) is 3.89. The molecule has 1 aromatic heterocycles. The maximum atomic E-state index is 11.8. The number of carbonyl (C=O) groups excluding carboxylic acids is 1. The van der Waals surface area contributed by atoms with Gasteiger partial charge in [0, 0.05) is 18.0 Å². The van der Waals surface area contributed by atoms with Crippen molar-refractivity contribution in [1.29, 1.82) is 0 Å². The van der Waals surface area contributed by atoms with E-state index in [4.69, 9.17) is 34.8 Å². The van der Waals surface area contributed by atoms with Gasteiger partial charge in [0.25, 0.3) is 5.56 Å². The number of aromatic nitrogens is 2. The van der Waals surface area contributed by atoms with E-state index in [0.717, 1.165) is 4.68 Å². The highest BCUT2D eigenvalue weighted by atomic mass is 35.5. The van der Waals surface area contributed by atoms with Gasteiger partial charge in [-0.25, -0.2) is 4.68 Å². The normalized spacial score (nSPS) is 10.5. The van der Waals surface area contributed by atoms with Gasteiger partial charge < -0.3 is 5.32 Å². The summed E-state index contributed by atoms with van der Waals surface area (Å²) < 4.78 is 1.13. The summed E-state index contributed by atoms with van der Waals surface area (Å²) in [6.45, 7) is 1.33. The first kappa shape index (κ1) is 14.0. The molecule has 0 atom stereocenters. The zero-order valence-corrected chi connectivity index (χ0v) is 11.9. The predicted octanol–water partition coefficient (Wildman–Crippen LogP) is 3.08. The Balaban J connectivity index is 2.57. The van der Waals surface area contributed by atoms with Crippen molar-refractivity contribution in [1.82, 2.24) is 9.78 Å². The van der Waals surface area contributed by atoms with Gasteiger partial charge in [0.05, 0.1) is 10.0 Å². The fourth-order valence-electron chi connectivity index (χ4n) is 1.56. The summed E-state index contributed by atoms with van der Waals surface area (Å²) in [6.07, 6.45) is 0. The second-order valence-corrected chi connectivity index (χ2v) is 4.99. The number of nitrogens with one attached hydrogen (secondary N) is 2. The van der Waals surface area contributed by atoms with Gasteiger partial charge in [0.1, 0.15) is 11.5 Å². The summed E-state index contributed by atoms with van der Waals surface area (Å²) >= 11 is 17.8. The molecule has 8 heteroatoms.